The number of benzene rings is 1. The molecule has 6 nitrogen and oxygen atoms in total. The second-order valence-electron chi connectivity index (χ2n) is 6.27. The van der Waals surface area contributed by atoms with Gasteiger partial charge in [0.05, 0.1) is 17.2 Å². The van der Waals surface area contributed by atoms with Crippen LogP contribution in [0.2, 0.25) is 0 Å². The fourth-order valence-electron chi connectivity index (χ4n) is 3.08. The molecule has 0 aliphatic heterocycles. The van der Waals surface area contributed by atoms with Crippen LogP contribution in [0, 0.1) is 5.92 Å². The van der Waals surface area contributed by atoms with Crippen molar-refractivity contribution in [2.75, 3.05) is 5.75 Å². The maximum absolute atomic E-state index is 12.1. The lowest BCUT2D eigenvalue weighted by Crippen LogP contribution is -2.41. The van der Waals surface area contributed by atoms with E-state index in [1.165, 1.54) is 19.3 Å². The molecule has 128 valence electrons. The highest BCUT2D eigenvalue weighted by Crippen LogP contribution is 2.23. The van der Waals surface area contributed by atoms with Crippen LogP contribution < -0.4 is 5.32 Å². The third kappa shape index (κ3) is 4.35. The summed E-state index contributed by atoms with van der Waals surface area (Å²) >= 11 is 1.54. The molecule has 0 radical (unpaired) electrons. The quantitative estimate of drug-likeness (QED) is 0.871. The van der Waals surface area contributed by atoms with Gasteiger partial charge in [-0.15, -0.1) is 16.9 Å². The smallest absolute Gasteiger partial charge is 0.230 e. The van der Waals surface area contributed by atoms with Gasteiger partial charge >= 0.3 is 0 Å². The molecule has 24 heavy (non-hydrogen) atoms. The molecule has 1 amide bonds. The Morgan fingerprint density at radius 3 is 2.88 bits per heavy atom. The predicted octanol–water partition coefficient (Wildman–Crippen LogP) is 2.59. The average molecular weight is 345 g/mol. The SMILES string of the molecule is CC1CCCCC1NC(=O)CSCc1nnnn1-c1ccccc1. The van der Waals surface area contributed by atoms with Gasteiger partial charge in [0.1, 0.15) is 0 Å². The fraction of sp³-hybridized carbons (Fsp3) is 0.529. The van der Waals surface area contributed by atoms with Gasteiger partial charge in [0.25, 0.3) is 0 Å². The minimum absolute atomic E-state index is 0.109. The van der Waals surface area contributed by atoms with Crippen LogP contribution in [0.1, 0.15) is 38.4 Å². The van der Waals surface area contributed by atoms with E-state index >= 15 is 0 Å². The minimum atomic E-state index is 0.109. The third-order valence-corrected chi connectivity index (χ3v) is 5.39. The number of nitrogens with zero attached hydrogens (tertiary/aromatic N) is 4. The Labute approximate surface area is 146 Å². The first-order valence-electron chi connectivity index (χ1n) is 8.44. The highest BCUT2D eigenvalue weighted by atomic mass is 32.2. The van der Waals surface area contributed by atoms with Crippen LogP contribution in [0.25, 0.3) is 5.69 Å². The molecule has 1 fully saturated rings. The summed E-state index contributed by atoms with van der Waals surface area (Å²) in [6.07, 6.45) is 4.81. The zero-order valence-corrected chi connectivity index (χ0v) is 14.7. The van der Waals surface area contributed by atoms with Gasteiger partial charge in [0, 0.05) is 6.04 Å². The van der Waals surface area contributed by atoms with Crippen molar-refractivity contribution in [3.05, 3.63) is 36.2 Å². The van der Waals surface area contributed by atoms with Crippen molar-refractivity contribution in [2.24, 2.45) is 5.92 Å². The Hall–Kier alpha value is -1.89. The number of carbonyl (C=O) groups is 1. The number of hydrogen-bond donors (Lipinski definition) is 1. The number of amides is 1. The monoisotopic (exact) mass is 345 g/mol. The summed E-state index contributed by atoms with van der Waals surface area (Å²) in [6.45, 7) is 2.23. The Morgan fingerprint density at radius 1 is 1.29 bits per heavy atom. The second-order valence-corrected chi connectivity index (χ2v) is 7.26. The number of aromatic nitrogens is 4. The molecular formula is C17H23N5OS. The second kappa shape index (κ2) is 8.28. The normalized spacial score (nSPS) is 20.7. The molecule has 1 aliphatic carbocycles. The maximum atomic E-state index is 12.1. The van der Waals surface area contributed by atoms with Crippen molar-refractivity contribution in [2.45, 2.75) is 44.4 Å². The molecule has 2 unspecified atom stereocenters. The van der Waals surface area contributed by atoms with Crippen LogP contribution >= 0.6 is 11.8 Å². The molecule has 0 spiro atoms. The summed E-state index contributed by atoms with van der Waals surface area (Å²) in [5, 5.41) is 15.0. The molecular weight excluding hydrogens is 322 g/mol. The van der Waals surface area contributed by atoms with Crippen LogP contribution in [0.3, 0.4) is 0 Å². The van der Waals surface area contributed by atoms with E-state index in [9.17, 15) is 4.79 Å². The largest absolute Gasteiger partial charge is 0.352 e. The van der Waals surface area contributed by atoms with E-state index in [-0.39, 0.29) is 5.91 Å². The molecule has 1 aliphatic rings. The summed E-state index contributed by atoms with van der Waals surface area (Å²) in [5.74, 6) is 2.49. The van der Waals surface area contributed by atoms with Gasteiger partial charge < -0.3 is 5.32 Å². The summed E-state index contributed by atoms with van der Waals surface area (Å²) in [6, 6.07) is 10.1. The average Bonchev–Trinajstić information content (AvgIpc) is 3.06. The summed E-state index contributed by atoms with van der Waals surface area (Å²) < 4.78 is 1.72. The van der Waals surface area contributed by atoms with Crippen molar-refractivity contribution in [1.82, 2.24) is 25.5 Å². The summed E-state index contributed by atoms with van der Waals surface area (Å²) in [7, 11) is 0. The topological polar surface area (TPSA) is 72.7 Å². The molecule has 1 heterocycles. The van der Waals surface area contributed by atoms with E-state index in [1.54, 1.807) is 16.4 Å². The van der Waals surface area contributed by atoms with Crippen LogP contribution in [0.4, 0.5) is 0 Å². The van der Waals surface area contributed by atoms with Crippen molar-refractivity contribution >= 4 is 17.7 Å². The summed E-state index contributed by atoms with van der Waals surface area (Å²) in [4.78, 5) is 12.1. The zero-order chi connectivity index (χ0) is 16.8. The maximum Gasteiger partial charge on any atom is 0.230 e. The van der Waals surface area contributed by atoms with Gasteiger partial charge in [-0.25, -0.2) is 0 Å². The molecule has 7 heteroatoms. The third-order valence-electron chi connectivity index (χ3n) is 4.46. The highest BCUT2D eigenvalue weighted by Gasteiger charge is 2.22. The fourth-order valence-corrected chi connectivity index (χ4v) is 3.81. The number of tetrazole rings is 1. The molecule has 1 N–H and O–H groups in total. The molecule has 1 aromatic carbocycles. The molecule has 3 rings (SSSR count). The van der Waals surface area contributed by atoms with Gasteiger partial charge in [0.15, 0.2) is 5.82 Å². The van der Waals surface area contributed by atoms with Crippen LogP contribution in [-0.4, -0.2) is 37.9 Å². The van der Waals surface area contributed by atoms with Crippen molar-refractivity contribution in [3.63, 3.8) is 0 Å². The van der Waals surface area contributed by atoms with Gasteiger partial charge in [0.2, 0.25) is 5.91 Å². The number of thioether (sulfide) groups is 1. The van der Waals surface area contributed by atoms with E-state index < -0.39 is 0 Å². The van der Waals surface area contributed by atoms with Gasteiger partial charge in [-0.2, -0.15) is 4.68 Å². The van der Waals surface area contributed by atoms with E-state index in [4.69, 9.17) is 0 Å². The van der Waals surface area contributed by atoms with Crippen molar-refractivity contribution < 1.29 is 4.79 Å². The first kappa shape index (κ1) is 17.0. The molecule has 0 bridgehead atoms. The van der Waals surface area contributed by atoms with Crippen LogP contribution in [0.15, 0.2) is 30.3 Å². The van der Waals surface area contributed by atoms with Gasteiger partial charge in [-0.05, 0) is 41.3 Å². The number of nitrogens with one attached hydrogen (secondary N) is 1. The van der Waals surface area contributed by atoms with Crippen molar-refractivity contribution in [1.29, 1.82) is 0 Å². The molecule has 2 aromatic rings. The Morgan fingerprint density at radius 2 is 2.08 bits per heavy atom. The lowest BCUT2D eigenvalue weighted by atomic mass is 9.86. The Bertz CT molecular complexity index is 660. The summed E-state index contributed by atoms with van der Waals surface area (Å²) in [5.41, 5.74) is 0.929. The van der Waals surface area contributed by atoms with Gasteiger partial charge in [-0.3, -0.25) is 4.79 Å². The lowest BCUT2D eigenvalue weighted by molar-refractivity contribution is -0.119. The first-order chi connectivity index (χ1) is 11.7. The van der Waals surface area contributed by atoms with E-state index in [2.05, 4.69) is 27.8 Å². The molecule has 1 aromatic heterocycles. The van der Waals surface area contributed by atoms with Crippen LogP contribution in [0.5, 0.6) is 0 Å². The number of rotatable bonds is 6. The van der Waals surface area contributed by atoms with Gasteiger partial charge in [-0.1, -0.05) is 38.0 Å². The molecule has 1 saturated carbocycles. The first-order valence-corrected chi connectivity index (χ1v) is 9.59. The lowest BCUT2D eigenvalue weighted by Gasteiger charge is -2.29. The highest BCUT2D eigenvalue weighted by molar-refractivity contribution is 7.99. The standard InChI is InChI=1S/C17H23N5OS/c1-13-7-5-6-10-15(13)18-17(23)12-24-11-16-19-20-21-22(16)14-8-3-2-4-9-14/h2-4,8-9,13,15H,5-7,10-12H2,1H3,(H,18,23). The van der Waals surface area contributed by atoms with E-state index in [1.807, 2.05) is 30.3 Å². The molecule has 2 atom stereocenters. The zero-order valence-electron chi connectivity index (χ0n) is 13.9. The minimum Gasteiger partial charge on any atom is -0.352 e. The predicted molar refractivity (Wildman–Crippen MR) is 94.9 cm³/mol. The van der Waals surface area contributed by atoms with Crippen molar-refractivity contribution in [3.8, 4) is 5.69 Å². The van der Waals surface area contributed by atoms with E-state index in [0.29, 0.717) is 23.5 Å². The van der Waals surface area contributed by atoms with E-state index in [0.717, 1.165) is 17.9 Å². The number of para-hydroxylation sites is 1. The Balaban J connectivity index is 1.48. The number of hydrogen-bond acceptors (Lipinski definition) is 5. The Kier molecular flexibility index (Phi) is 5.85. The number of carbonyl (C=O) groups excluding carboxylic acids is 1. The van der Waals surface area contributed by atoms with Crippen LogP contribution in [-0.2, 0) is 10.5 Å². The molecule has 0 saturated heterocycles.